The van der Waals surface area contributed by atoms with Crippen LogP contribution >= 0.6 is 0 Å². The van der Waals surface area contributed by atoms with Crippen LogP contribution in [0.25, 0.3) is 0 Å². The molecular formula is C10H16O2. The van der Waals surface area contributed by atoms with Gasteiger partial charge in [0.05, 0.1) is 18.8 Å². The molecule has 2 atom stereocenters. The molecule has 0 bridgehead atoms. The number of hydrogen-bond acceptors (Lipinski definition) is 2. The van der Waals surface area contributed by atoms with Crippen LogP contribution in [0.2, 0.25) is 0 Å². The van der Waals surface area contributed by atoms with Crippen molar-refractivity contribution in [3.05, 3.63) is 23.8 Å². The van der Waals surface area contributed by atoms with Gasteiger partial charge in [-0.25, -0.2) is 0 Å². The van der Waals surface area contributed by atoms with Gasteiger partial charge in [-0.1, -0.05) is 23.8 Å². The summed E-state index contributed by atoms with van der Waals surface area (Å²) < 4.78 is 5.46. The molecule has 0 heterocycles. The summed E-state index contributed by atoms with van der Waals surface area (Å²) in [5.41, 5.74) is 1.26. The molecule has 1 aliphatic carbocycles. The van der Waals surface area contributed by atoms with Crippen molar-refractivity contribution < 1.29 is 9.84 Å². The molecule has 0 fully saturated rings. The Bertz CT molecular complexity index is 190. The fourth-order valence-electron chi connectivity index (χ4n) is 1.11. The highest BCUT2D eigenvalue weighted by molar-refractivity contribution is 5.04. The standard InChI is InChI=1S/C10H16O2/c1-8(2)5-6-12-10-4-3-9(11)7-10/h3-5,9-11H,6-7H2,1-2H3/t9-,10+/m0/s1. The molecule has 0 radical (unpaired) electrons. The smallest absolute Gasteiger partial charge is 0.0788 e. The predicted octanol–water partition coefficient (Wildman–Crippen LogP) is 1.66. The Balaban J connectivity index is 2.17. The van der Waals surface area contributed by atoms with Crippen molar-refractivity contribution >= 4 is 0 Å². The van der Waals surface area contributed by atoms with Gasteiger partial charge in [-0.2, -0.15) is 0 Å². The Labute approximate surface area is 73.5 Å². The fourth-order valence-corrected chi connectivity index (χ4v) is 1.11. The first-order chi connectivity index (χ1) is 5.68. The van der Waals surface area contributed by atoms with Gasteiger partial charge in [-0.05, 0) is 13.8 Å². The number of hydrogen-bond donors (Lipinski definition) is 1. The Morgan fingerprint density at radius 1 is 1.58 bits per heavy atom. The van der Waals surface area contributed by atoms with Crippen LogP contribution in [-0.4, -0.2) is 23.9 Å². The van der Waals surface area contributed by atoms with Crippen LogP contribution in [0.5, 0.6) is 0 Å². The highest BCUT2D eigenvalue weighted by Gasteiger charge is 2.15. The van der Waals surface area contributed by atoms with Crippen LogP contribution in [0.15, 0.2) is 23.8 Å². The van der Waals surface area contributed by atoms with E-state index in [0.29, 0.717) is 13.0 Å². The molecule has 68 valence electrons. The summed E-state index contributed by atoms with van der Waals surface area (Å²) in [6, 6.07) is 0. The molecule has 0 aromatic carbocycles. The van der Waals surface area contributed by atoms with Crippen molar-refractivity contribution in [2.24, 2.45) is 0 Å². The van der Waals surface area contributed by atoms with Gasteiger partial charge in [0.15, 0.2) is 0 Å². The van der Waals surface area contributed by atoms with E-state index < -0.39 is 0 Å². The molecule has 1 aliphatic rings. The number of ether oxygens (including phenoxy) is 1. The van der Waals surface area contributed by atoms with Crippen molar-refractivity contribution in [1.82, 2.24) is 0 Å². The maximum absolute atomic E-state index is 9.13. The van der Waals surface area contributed by atoms with Gasteiger partial charge in [0.25, 0.3) is 0 Å². The van der Waals surface area contributed by atoms with Crippen LogP contribution < -0.4 is 0 Å². The molecule has 0 unspecified atom stereocenters. The molecular weight excluding hydrogens is 152 g/mol. The maximum atomic E-state index is 9.13. The SMILES string of the molecule is CC(C)=CCO[C@@H]1C=C[C@H](O)C1. The van der Waals surface area contributed by atoms with E-state index in [-0.39, 0.29) is 12.2 Å². The summed E-state index contributed by atoms with van der Waals surface area (Å²) in [7, 11) is 0. The van der Waals surface area contributed by atoms with Crippen LogP contribution in [0.4, 0.5) is 0 Å². The van der Waals surface area contributed by atoms with Crippen molar-refractivity contribution in [2.45, 2.75) is 32.5 Å². The molecule has 2 heteroatoms. The second kappa shape index (κ2) is 4.43. The minimum Gasteiger partial charge on any atom is -0.389 e. The molecule has 1 rings (SSSR count). The molecule has 0 amide bonds. The summed E-state index contributed by atoms with van der Waals surface area (Å²) in [6.07, 6.45) is 6.25. The van der Waals surface area contributed by atoms with Gasteiger partial charge in [0.2, 0.25) is 0 Å². The molecule has 2 nitrogen and oxygen atoms in total. The molecule has 1 N–H and O–H groups in total. The largest absolute Gasteiger partial charge is 0.389 e. The zero-order valence-corrected chi connectivity index (χ0v) is 7.66. The van der Waals surface area contributed by atoms with E-state index in [2.05, 4.69) is 0 Å². The molecule has 0 aromatic rings. The third-order valence-electron chi connectivity index (χ3n) is 1.82. The second-order valence-corrected chi connectivity index (χ2v) is 3.34. The van der Waals surface area contributed by atoms with E-state index in [1.54, 1.807) is 6.08 Å². The Hall–Kier alpha value is -0.600. The molecule has 0 aliphatic heterocycles. The van der Waals surface area contributed by atoms with Crippen molar-refractivity contribution in [2.75, 3.05) is 6.61 Å². The fraction of sp³-hybridized carbons (Fsp3) is 0.600. The zero-order chi connectivity index (χ0) is 8.97. The number of aliphatic hydroxyl groups excluding tert-OH is 1. The lowest BCUT2D eigenvalue weighted by molar-refractivity contribution is 0.0824. The van der Waals surface area contributed by atoms with Crippen LogP contribution in [0.3, 0.4) is 0 Å². The average molecular weight is 168 g/mol. The van der Waals surface area contributed by atoms with Crippen molar-refractivity contribution in [3.63, 3.8) is 0 Å². The zero-order valence-electron chi connectivity index (χ0n) is 7.66. The number of rotatable bonds is 3. The van der Waals surface area contributed by atoms with E-state index in [0.717, 1.165) is 0 Å². The first-order valence-corrected chi connectivity index (χ1v) is 4.30. The highest BCUT2D eigenvalue weighted by atomic mass is 16.5. The van der Waals surface area contributed by atoms with Gasteiger partial charge in [-0.3, -0.25) is 0 Å². The third kappa shape index (κ3) is 3.20. The topological polar surface area (TPSA) is 29.5 Å². The van der Waals surface area contributed by atoms with Crippen LogP contribution in [0, 0.1) is 0 Å². The molecule has 0 saturated carbocycles. The molecule has 0 aromatic heterocycles. The quantitative estimate of drug-likeness (QED) is 0.649. The Morgan fingerprint density at radius 2 is 2.33 bits per heavy atom. The lowest BCUT2D eigenvalue weighted by Gasteiger charge is -2.08. The van der Waals surface area contributed by atoms with Gasteiger partial charge < -0.3 is 9.84 Å². The van der Waals surface area contributed by atoms with E-state index in [1.807, 2.05) is 26.0 Å². The normalized spacial score (nSPS) is 27.6. The lowest BCUT2D eigenvalue weighted by Crippen LogP contribution is -2.11. The van der Waals surface area contributed by atoms with E-state index in [9.17, 15) is 0 Å². The number of allylic oxidation sites excluding steroid dienone is 1. The van der Waals surface area contributed by atoms with Gasteiger partial charge in [-0.15, -0.1) is 0 Å². The highest BCUT2D eigenvalue weighted by Crippen LogP contribution is 2.13. The van der Waals surface area contributed by atoms with E-state index in [4.69, 9.17) is 9.84 Å². The van der Waals surface area contributed by atoms with Crippen LogP contribution in [0.1, 0.15) is 20.3 Å². The summed E-state index contributed by atoms with van der Waals surface area (Å²) in [4.78, 5) is 0. The first-order valence-electron chi connectivity index (χ1n) is 4.30. The average Bonchev–Trinajstić information content (AvgIpc) is 2.35. The first kappa shape index (κ1) is 9.49. The summed E-state index contributed by atoms with van der Waals surface area (Å²) >= 11 is 0. The van der Waals surface area contributed by atoms with Crippen molar-refractivity contribution in [1.29, 1.82) is 0 Å². The minimum absolute atomic E-state index is 0.107. The minimum atomic E-state index is -0.304. The van der Waals surface area contributed by atoms with Crippen molar-refractivity contribution in [3.8, 4) is 0 Å². The Kier molecular flexibility index (Phi) is 3.50. The van der Waals surface area contributed by atoms with Crippen LogP contribution in [-0.2, 0) is 4.74 Å². The molecule has 0 saturated heterocycles. The van der Waals surface area contributed by atoms with Gasteiger partial charge in [0.1, 0.15) is 0 Å². The monoisotopic (exact) mass is 168 g/mol. The summed E-state index contributed by atoms with van der Waals surface area (Å²) in [5, 5.41) is 9.13. The van der Waals surface area contributed by atoms with E-state index in [1.165, 1.54) is 5.57 Å². The van der Waals surface area contributed by atoms with Gasteiger partial charge in [0, 0.05) is 6.42 Å². The predicted molar refractivity (Wildman–Crippen MR) is 48.9 cm³/mol. The number of aliphatic hydroxyl groups is 1. The summed E-state index contributed by atoms with van der Waals surface area (Å²) in [6.45, 7) is 4.73. The van der Waals surface area contributed by atoms with E-state index >= 15 is 0 Å². The molecule has 0 spiro atoms. The Morgan fingerprint density at radius 3 is 2.83 bits per heavy atom. The second-order valence-electron chi connectivity index (χ2n) is 3.34. The third-order valence-corrected chi connectivity index (χ3v) is 1.82. The lowest BCUT2D eigenvalue weighted by atomic mass is 10.3. The summed E-state index contributed by atoms with van der Waals surface area (Å²) in [5.74, 6) is 0. The molecule has 12 heavy (non-hydrogen) atoms. The van der Waals surface area contributed by atoms with Gasteiger partial charge >= 0.3 is 0 Å². The maximum Gasteiger partial charge on any atom is 0.0788 e.